The Morgan fingerprint density at radius 2 is 1.90 bits per heavy atom. The maximum Gasteiger partial charge on any atom is 0.407 e. The predicted molar refractivity (Wildman–Crippen MR) is 156 cm³/mol. The van der Waals surface area contributed by atoms with Gasteiger partial charge in [0, 0.05) is 38.2 Å². The van der Waals surface area contributed by atoms with Gasteiger partial charge in [-0.3, -0.25) is 25.0 Å². The molecule has 0 aliphatic heterocycles. The van der Waals surface area contributed by atoms with Crippen molar-refractivity contribution in [1.29, 1.82) is 0 Å². The predicted octanol–water partition coefficient (Wildman–Crippen LogP) is 6.93. The van der Waals surface area contributed by atoms with Crippen molar-refractivity contribution in [3.63, 3.8) is 0 Å². The van der Waals surface area contributed by atoms with E-state index in [9.17, 15) is 24.4 Å². The van der Waals surface area contributed by atoms with Crippen molar-refractivity contribution in [3.05, 3.63) is 76.4 Å². The van der Waals surface area contributed by atoms with Crippen LogP contribution in [-0.2, 0) is 9.47 Å². The van der Waals surface area contributed by atoms with Gasteiger partial charge >= 0.3 is 6.09 Å². The van der Waals surface area contributed by atoms with Gasteiger partial charge in [-0.1, -0.05) is 26.8 Å². The van der Waals surface area contributed by atoms with Crippen molar-refractivity contribution < 1.29 is 33.4 Å². The number of nitrogens with zero attached hydrogens (tertiary/aromatic N) is 4. The SMILES string of the molecule is COCCOCCN(C(=O)O)C(c1ccc(-c2cc3nccc(Oc4ccc([N+](=O)[O-])cc4F)c3s2)nc1)C(C)(C)C. The number of thiophene rings is 1. The number of ether oxygens (including phenoxy) is 3. The molecule has 1 amide bonds. The van der Waals surface area contributed by atoms with Crippen LogP contribution in [0.1, 0.15) is 32.4 Å². The number of pyridine rings is 2. The lowest BCUT2D eigenvalue weighted by atomic mass is 9.81. The number of methoxy groups -OCH3 is 1. The first kappa shape index (κ1) is 30.8. The molecule has 4 aromatic rings. The fraction of sp³-hybridized carbons (Fsp3) is 0.345. The maximum atomic E-state index is 14.5. The lowest BCUT2D eigenvalue weighted by molar-refractivity contribution is -0.385. The van der Waals surface area contributed by atoms with Gasteiger partial charge in [-0.15, -0.1) is 11.3 Å². The van der Waals surface area contributed by atoms with E-state index in [2.05, 4.69) is 9.97 Å². The van der Waals surface area contributed by atoms with Crippen molar-refractivity contribution in [2.24, 2.45) is 5.41 Å². The Hall–Kier alpha value is -4.20. The molecule has 0 bridgehead atoms. The third-order valence-electron chi connectivity index (χ3n) is 6.36. The first-order chi connectivity index (χ1) is 20.0. The van der Waals surface area contributed by atoms with Crippen LogP contribution in [0, 0.1) is 21.3 Å². The van der Waals surface area contributed by atoms with Gasteiger partial charge in [0.15, 0.2) is 11.6 Å². The highest BCUT2D eigenvalue weighted by Gasteiger charge is 2.35. The van der Waals surface area contributed by atoms with Gasteiger partial charge in [-0.25, -0.2) is 9.18 Å². The van der Waals surface area contributed by atoms with E-state index >= 15 is 0 Å². The molecule has 0 saturated heterocycles. The van der Waals surface area contributed by atoms with Crippen molar-refractivity contribution in [1.82, 2.24) is 14.9 Å². The molecule has 13 heteroatoms. The zero-order valence-electron chi connectivity index (χ0n) is 23.6. The standard InChI is InChI=1S/C29H31FN4O7S/c1-29(2,3)27(33(28(35)36)11-12-40-14-13-39-4)18-5-7-21(32-17-18)25-16-22-26(42-25)24(9-10-31-22)41-23-8-6-19(34(37)38)15-20(23)30/h5-10,15-17,27H,11-14H2,1-4H3,(H,35,36). The summed E-state index contributed by atoms with van der Waals surface area (Å²) in [6, 6.07) is 9.83. The highest BCUT2D eigenvalue weighted by molar-refractivity contribution is 7.22. The number of hydrogen-bond donors (Lipinski definition) is 1. The number of hydrogen-bond acceptors (Lipinski definition) is 9. The second kappa shape index (κ2) is 13.2. The van der Waals surface area contributed by atoms with Crippen LogP contribution in [0.2, 0.25) is 0 Å². The fourth-order valence-electron chi connectivity index (χ4n) is 4.53. The van der Waals surface area contributed by atoms with Crippen molar-refractivity contribution in [2.75, 3.05) is 33.5 Å². The minimum Gasteiger partial charge on any atom is -0.465 e. The van der Waals surface area contributed by atoms with Gasteiger partial charge in [0.2, 0.25) is 0 Å². The Kier molecular flexibility index (Phi) is 9.66. The highest BCUT2D eigenvalue weighted by Crippen LogP contribution is 2.41. The number of carboxylic acid groups (broad SMARTS) is 1. The lowest BCUT2D eigenvalue weighted by Crippen LogP contribution is -2.42. The number of nitro benzene ring substituents is 1. The monoisotopic (exact) mass is 598 g/mol. The van der Waals surface area contributed by atoms with E-state index in [0.717, 1.165) is 16.5 Å². The lowest BCUT2D eigenvalue weighted by Gasteiger charge is -2.38. The summed E-state index contributed by atoms with van der Waals surface area (Å²) in [4.78, 5) is 33.7. The quantitative estimate of drug-likeness (QED) is 0.105. The van der Waals surface area contributed by atoms with E-state index in [1.165, 1.54) is 34.6 Å². The Morgan fingerprint density at radius 1 is 1.12 bits per heavy atom. The highest BCUT2D eigenvalue weighted by atomic mass is 32.1. The van der Waals surface area contributed by atoms with Gasteiger partial charge < -0.3 is 19.3 Å². The molecule has 4 rings (SSSR count). The molecule has 11 nitrogen and oxygen atoms in total. The summed E-state index contributed by atoms with van der Waals surface area (Å²) in [6.07, 6.45) is 2.15. The average Bonchev–Trinajstić information content (AvgIpc) is 3.38. The van der Waals surface area contributed by atoms with E-state index in [0.29, 0.717) is 34.9 Å². The maximum absolute atomic E-state index is 14.5. The van der Waals surface area contributed by atoms with Crippen molar-refractivity contribution in [2.45, 2.75) is 26.8 Å². The van der Waals surface area contributed by atoms with E-state index in [1.54, 1.807) is 19.4 Å². The number of aromatic nitrogens is 2. The van der Waals surface area contributed by atoms with Crippen molar-refractivity contribution in [3.8, 4) is 22.1 Å². The van der Waals surface area contributed by atoms with Crippen molar-refractivity contribution >= 4 is 33.3 Å². The molecule has 1 atom stereocenters. The van der Waals surface area contributed by atoms with Gasteiger partial charge in [-0.2, -0.15) is 0 Å². The Balaban J connectivity index is 1.59. The normalized spacial score (nSPS) is 12.3. The summed E-state index contributed by atoms with van der Waals surface area (Å²) in [5.74, 6) is -0.655. The molecular formula is C29H31FN4O7S. The molecule has 1 N–H and O–H groups in total. The molecule has 0 aliphatic rings. The Bertz CT molecular complexity index is 1560. The number of halogens is 1. The molecule has 3 aromatic heterocycles. The molecule has 0 aliphatic carbocycles. The molecule has 0 saturated carbocycles. The molecule has 3 heterocycles. The van der Waals surface area contributed by atoms with E-state index in [1.807, 2.05) is 39.0 Å². The van der Waals surface area contributed by atoms with Gasteiger partial charge in [0.05, 0.1) is 57.6 Å². The number of amides is 1. The first-order valence-corrected chi connectivity index (χ1v) is 13.8. The summed E-state index contributed by atoms with van der Waals surface area (Å²) in [7, 11) is 1.57. The molecule has 1 aromatic carbocycles. The Morgan fingerprint density at radius 3 is 2.52 bits per heavy atom. The summed E-state index contributed by atoms with van der Waals surface area (Å²) in [5, 5.41) is 21.0. The topological polar surface area (TPSA) is 137 Å². The van der Waals surface area contributed by atoms with Gasteiger partial charge in [-0.05, 0) is 29.2 Å². The largest absolute Gasteiger partial charge is 0.465 e. The number of carbonyl (C=O) groups is 1. The first-order valence-electron chi connectivity index (χ1n) is 13.0. The molecule has 42 heavy (non-hydrogen) atoms. The summed E-state index contributed by atoms with van der Waals surface area (Å²) >= 11 is 1.35. The average molecular weight is 599 g/mol. The van der Waals surface area contributed by atoms with Crippen LogP contribution in [0.3, 0.4) is 0 Å². The number of rotatable bonds is 12. The van der Waals surface area contributed by atoms with Crippen LogP contribution in [0.5, 0.6) is 11.5 Å². The number of non-ortho nitro benzene ring substituents is 1. The van der Waals surface area contributed by atoms with Gasteiger partial charge in [0.25, 0.3) is 5.69 Å². The minimum absolute atomic E-state index is 0.147. The summed E-state index contributed by atoms with van der Waals surface area (Å²) in [5.41, 5.74) is 1.19. The third-order valence-corrected chi connectivity index (χ3v) is 7.52. The molecule has 0 spiro atoms. The summed E-state index contributed by atoms with van der Waals surface area (Å²) in [6.45, 7) is 7.14. The number of nitro groups is 1. The van der Waals surface area contributed by atoms with E-state index in [-0.39, 0.29) is 24.6 Å². The van der Waals surface area contributed by atoms with Crippen LogP contribution >= 0.6 is 11.3 Å². The molecular weight excluding hydrogens is 567 g/mol. The van der Waals surface area contributed by atoms with Crippen LogP contribution in [0.25, 0.3) is 20.8 Å². The van der Waals surface area contributed by atoms with Crippen LogP contribution in [-0.4, -0.2) is 64.5 Å². The third kappa shape index (κ3) is 7.16. The van der Waals surface area contributed by atoms with E-state index < -0.39 is 28.3 Å². The molecule has 222 valence electrons. The Labute approximate surface area is 245 Å². The second-order valence-corrected chi connectivity index (χ2v) is 11.5. The zero-order chi connectivity index (χ0) is 30.4. The van der Waals surface area contributed by atoms with Crippen LogP contribution < -0.4 is 4.74 Å². The van der Waals surface area contributed by atoms with Crippen LogP contribution in [0.15, 0.2) is 54.9 Å². The summed E-state index contributed by atoms with van der Waals surface area (Å²) < 4.78 is 31.4. The molecule has 1 unspecified atom stereocenters. The second-order valence-electron chi connectivity index (χ2n) is 10.4. The number of benzene rings is 1. The minimum atomic E-state index is -1.05. The van der Waals surface area contributed by atoms with Gasteiger partial charge in [0.1, 0.15) is 5.75 Å². The van der Waals surface area contributed by atoms with E-state index in [4.69, 9.17) is 14.2 Å². The molecule has 0 radical (unpaired) electrons. The molecule has 0 fully saturated rings. The smallest absolute Gasteiger partial charge is 0.407 e. The fourth-order valence-corrected chi connectivity index (χ4v) is 5.57. The number of fused-ring (bicyclic) bond motifs is 1. The zero-order valence-corrected chi connectivity index (χ0v) is 24.4. The van der Waals surface area contributed by atoms with Crippen LogP contribution in [0.4, 0.5) is 14.9 Å².